The van der Waals surface area contributed by atoms with E-state index in [0.29, 0.717) is 20.4 Å². The van der Waals surface area contributed by atoms with E-state index in [2.05, 4.69) is 0 Å². The maximum atomic E-state index is 12.9. The highest BCUT2D eigenvalue weighted by Crippen LogP contribution is 2.10. The van der Waals surface area contributed by atoms with Gasteiger partial charge in [0.2, 0.25) is 0 Å². The average Bonchev–Trinajstić information content (AvgIpc) is 1.98. The van der Waals surface area contributed by atoms with Crippen LogP contribution in [0, 0.1) is 0 Å². The molecule has 1 aliphatic rings. The summed E-state index contributed by atoms with van der Waals surface area (Å²) >= 11 is 0. The number of nitrogens with zero attached hydrogens (tertiary/aromatic N) is 1. The lowest BCUT2D eigenvalue weighted by Crippen LogP contribution is -2.49. The number of alkyl halides is 1. The van der Waals surface area contributed by atoms with E-state index in [9.17, 15) is 9.18 Å². The Morgan fingerprint density at radius 3 is 3.00 bits per heavy atom. The number of hydrogen-bond donors (Lipinski definition) is 1. The molecule has 0 aliphatic carbocycles. The van der Waals surface area contributed by atoms with E-state index < -0.39 is 6.17 Å². The van der Waals surface area contributed by atoms with Gasteiger partial charge in [-0.2, -0.15) is 0 Å². The van der Waals surface area contributed by atoms with Crippen LogP contribution in [0.5, 0.6) is 0 Å². The van der Waals surface area contributed by atoms with Crippen molar-refractivity contribution < 1.29 is 9.18 Å². The van der Waals surface area contributed by atoms with E-state index in [1.54, 1.807) is 4.81 Å². The lowest BCUT2D eigenvalue weighted by Gasteiger charge is -2.31. The summed E-state index contributed by atoms with van der Waals surface area (Å²) in [5, 5.41) is 0. The summed E-state index contributed by atoms with van der Waals surface area (Å²) < 4.78 is 12.9. The Labute approximate surface area is 66.0 Å². The van der Waals surface area contributed by atoms with Crippen molar-refractivity contribution >= 4 is 13.6 Å². The van der Waals surface area contributed by atoms with Gasteiger partial charge in [-0.25, -0.2) is 4.39 Å². The third kappa shape index (κ3) is 2.27. The fourth-order valence-corrected chi connectivity index (χ4v) is 1.26. The third-order valence-corrected chi connectivity index (χ3v) is 2.01. The van der Waals surface area contributed by atoms with E-state index in [1.165, 1.54) is 0 Å². The van der Waals surface area contributed by atoms with E-state index in [4.69, 9.17) is 5.73 Å². The second-order valence-corrected chi connectivity index (χ2v) is 2.89. The second kappa shape index (κ2) is 3.83. The molecule has 2 atom stereocenters. The van der Waals surface area contributed by atoms with Gasteiger partial charge in [0.05, 0.1) is 6.19 Å². The van der Waals surface area contributed by atoms with Crippen LogP contribution in [-0.4, -0.2) is 43.7 Å². The number of carbonyl (C=O) groups excluding carboxylic acids is 1. The van der Waals surface area contributed by atoms with Gasteiger partial charge >= 0.3 is 0 Å². The molecular formula is C6H12BFN2O. The predicted octanol–water partition coefficient (Wildman–Crippen LogP) is -1.10. The Kier molecular flexibility index (Phi) is 3.02. The van der Waals surface area contributed by atoms with Crippen LogP contribution in [-0.2, 0) is 4.79 Å². The van der Waals surface area contributed by atoms with E-state index in [1.807, 2.05) is 0 Å². The summed E-state index contributed by atoms with van der Waals surface area (Å²) in [5.41, 5.74) is 5.45. The molecule has 0 bridgehead atoms. The highest BCUT2D eigenvalue weighted by Gasteiger charge is 2.25. The Morgan fingerprint density at radius 2 is 2.45 bits per heavy atom. The average molecular weight is 158 g/mol. The van der Waals surface area contributed by atoms with Gasteiger partial charge in [-0.15, -0.1) is 0 Å². The van der Waals surface area contributed by atoms with Gasteiger partial charge in [0.25, 0.3) is 7.41 Å². The number of nitrogens with two attached hydrogens (primary N) is 1. The Balaban J connectivity index is 2.33. The van der Waals surface area contributed by atoms with Crippen LogP contribution in [0.4, 0.5) is 4.39 Å². The van der Waals surface area contributed by atoms with Gasteiger partial charge in [0, 0.05) is 12.6 Å². The van der Waals surface area contributed by atoms with Crippen LogP contribution in [0.1, 0.15) is 6.42 Å². The van der Waals surface area contributed by atoms with Crippen molar-refractivity contribution in [2.45, 2.75) is 18.6 Å². The number of hydrogen-bond acceptors (Lipinski definition) is 3. The summed E-state index contributed by atoms with van der Waals surface area (Å²) in [7, 11) is 0.327. The van der Waals surface area contributed by atoms with Crippen molar-refractivity contribution in [3.8, 4) is 0 Å². The fraction of sp³-hybridized carbons (Fsp3) is 0.833. The zero-order valence-electron chi connectivity index (χ0n) is 6.37. The molecule has 0 aromatic carbocycles. The number of halogens is 1. The molecule has 0 spiro atoms. The minimum atomic E-state index is -0.969. The van der Waals surface area contributed by atoms with Crippen molar-refractivity contribution in [1.82, 2.24) is 4.81 Å². The van der Waals surface area contributed by atoms with Crippen molar-refractivity contribution in [3.05, 3.63) is 0 Å². The third-order valence-electron chi connectivity index (χ3n) is 2.01. The van der Waals surface area contributed by atoms with Crippen LogP contribution >= 0.6 is 0 Å². The molecule has 11 heavy (non-hydrogen) atoms. The lowest BCUT2D eigenvalue weighted by molar-refractivity contribution is 0.178. The van der Waals surface area contributed by atoms with E-state index >= 15 is 0 Å². The van der Waals surface area contributed by atoms with Gasteiger partial charge < -0.3 is 15.3 Å². The highest BCUT2D eigenvalue weighted by atomic mass is 19.1. The molecule has 0 saturated carbocycles. The molecule has 2 N–H and O–H groups in total. The lowest BCUT2D eigenvalue weighted by atomic mass is 9.89. The molecule has 5 heteroatoms. The molecule has 1 aliphatic heterocycles. The maximum Gasteiger partial charge on any atom is 0.281 e. The smallest absolute Gasteiger partial charge is 0.281 e. The first kappa shape index (κ1) is 8.68. The summed E-state index contributed by atoms with van der Waals surface area (Å²) in [5.74, 6) is 0. The fourth-order valence-electron chi connectivity index (χ4n) is 1.26. The van der Waals surface area contributed by atoms with Gasteiger partial charge in [0.15, 0.2) is 0 Å². The van der Waals surface area contributed by atoms with Gasteiger partial charge in [0.1, 0.15) is 6.17 Å². The first-order chi connectivity index (χ1) is 5.24. The van der Waals surface area contributed by atoms with Gasteiger partial charge in [-0.1, -0.05) is 0 Å². The molecule has 0 unspecified atom stereocenters. The summed E-state index contributed by atoms with van der Waals surface area (Å²) in [6.45, 7) is 1.04. The van der Waals surface area contributed by atoms with Crippen LogP contribution in [0.15, 0.2) is 0 Å². The Bertz CT molecular complexity index is 147. The molecule has 1 saturated heterocycles. The first-order valence-corrected chi connectivity index (χ1v) is 3.79. The summed E-state index contributed by atoms with van der Waals surface area (Å²) in [6.07, 6.45) is 0.474. The second-order valence-electron chi connectivity index (χ2n) is 2.89. The molecule has 62 valence electrons. The largest absolute Gasteiger partial charge is 0.336 e. The van der Waals surface area contributed by atoms with Crippen LogP contribution < -0.4 is 5.73 Å². The van der Waals surface area contributed by atoms with Gasteiger partial charge in [-0.05, 0) is 13.0 Å². The van der Waals surface area contributed by atoms with E-state index in [-0.39, 0.29) is 6.04 Å². The molecule has 0 amide bonds. The topological polar surface area (TPSA) is 46.3 Å². The van der Waals surface area contributed by atoms with Crippen LogP contribution in [0.3, 0.4) is 0 Å². The predicted molar refractivity (Wildman–Crippen MR) is 43.0 cm³/mol. The summed E-state index contributed by atoms with van der Waals surface area (Å²) in [6, 6.07) is -0.335. The zero-order valence-corrected chi connectivity index (χ0v) is 6.37. The van der Waals surface area contributed by atoms with Crippen molar-refractivity contribution in [1.29, 1.82) is 0 Å². The number of carbonyl (C=O) groups is 1. The number of piperidine rings is 1. The molecule has 1 heterocycles. The van der Waals surface area contributed by atoms with Crippen LogP contribution in [0.25, 0.3) is 0 Å². The molecule has 0 aromatic rings. The molecular weight excluding hydrogens is 146 g/mol. The van der Waals surface area contributed by atoms with Crippen molar-refractivity contribution in [2.24, 2.45) is 5.73 Å². The minimum absolute atomic E-state index is 0.305. The highest BCUT2D eigenvalue weighted by molar-refractivity contribution is 6.64. The van der Waals surface area contributed by atoms with Crippen molar-refractivity contribution in [3.63, 3.8) is 0 Å². The Morgan fingerprint density at radius 1 is 1.73 bits per heavy atom. The van der Waals surface area contributed by atoms with E-state index in [0.717, 1.165) is 12.7 Å². The minimum Gasteiger partial charge on any atom is -0.336 e. The molecule has 1 fully saturated rings. The Hall–Kier alpha value is -0.415. The van der Waals surface area contributed by atoms with Gasteiger partial charge in [-0.3, -0.25) is 0 Å². The molecule has 0 aromatic heterocycles. The number of rotatable bonds is 2. The normalized spacial score (nSPS) is 33.3. The molecule has 1 rings (SSSR count). The van der Waals surface area contributed by atoms with Crippen LogP contribution in [0.2, 0.25) is 0 Å². The monoisotopic (exact) mass is 158 g/mol. The molecule has 0 radical (unpaired) electrons. The SMILES string of the molecule is N[C@H]1CCN(BC=O)C[C@H]1F. The quantitative estimate of drug-likeness (QED) is 0.409. The summed E-state index contributed by atoms with van der Waals surface area (Å²) in [4.78, 5) is 11.8. The molecule has 3 nitrogen and oxygen atoms in total. The van der Waals surface area contributed by atoms with Crippen molar-refractivity contribution in [2.75, 3.05) is 13.1 Å². The maximum absolute atomic E-state index is 12.9. The standard InChI is InChI=1S/C6H12BFN2O/c8-5-3-10(7-4-11)2-1-6(5)9/h4-7H,1-3,9H2/t5-,6+/m1/s1. The first-order valence-electron chi connectivity index (χ1n) is 3.79. The zero-order chi connectivity index (χ0) is 8.27.